The maximum Gasteiger partial charge on any atom is 0.0951 e. The predicted molar refractivity (Wildman–Crippen MR) is 64.9 cm³/mol. The third kappa shape index (κ3) is 3.24. The van der Waals surface area contributed by atoms with Gasteiger partial charge in [0.05, 0.1) is 6.33 Å². The topological polar surface area (TPSA) is 43.8 Å². The molecule has 3 nitrogen and oxygen atoms in total. The number of imidazole rings is 1. The highest BCUT2D eigenvalue weighted by Gasteiger charge is 2.24. The molecule has 1 aliphatic carbocycles. The van der Waals surface area contributed by atoms with Crippen molar-refractivity contribution in [3.63, 3.8) is 0 Å². The number of thioether (sulfide) groups is 1. The van der Waals surface area contributed by atoms with Gasteiger partial charge in [0.25, 0.3) is 0 Å². The summed E-state index contributed by atoms with van der Waals surface area (Å²) in [4.78, 5) is 4.22. The van der Waals surface area contributed by atoms with Crippen LogP contribution in [-0.2, 0) is 5.75 Å². The zero-order chi connectivity index (χ0) is 10.7. The molecule has 1 aromatic rings. The molecule has 0 aromatic carbocycles. The van der Waals surface area contributed by atoms with Gasteiger partial charge in [0.15, 0.2) is 0 Å². The lowest BCUT2D eigenvalue weighted by Gasteiger charge is -2.07. The van der Waals surface area contributed by atoms with Crippen molar-refractivity contribution in [1.29, 1.82) is 0 Å². The summed E-state index contributed by atoms with van der Waals surface area (Å²) >= 11 is 1.96. The van der Waals surface area contributed by atoms with E-state index < -0.39 is 0 Å². The zero-order valence-electron chi connectivity index (χ0n) is 9.22. The molecule has 1 aromatic heterocycles. The van der Waals surface area contributed by atoms with E-state index in [9.17, 15) is 0 Å². The van der Waals surface area contributed by atoms with Gasteiger partial charge in [-0.15, -0.1) is 0 Å². The molecule has 0 aliphatic heterocycles. The Balaban J connectivity index is 1.75. The lowest BCUT2D eigenvalue weighted by molar-refractivity contribution is 0.710. The van der Waals surface area contributed by atoms with Crippen molar-refractivity contribution < 1.29 is 0 Å². The second kappa shape index (κ2) is 5.03. The Bertz CT molecular complexity index is 305. The molecule has 1 aliphatic rings. The van der Waals surface area contributed by atoms with Crippen LogP contribution in [0, 0.1) is 0 Å². The molecule has 0 spiro atoms. The van der Waals surface area contributed by atoms with Crippen LogP contribution in [0.25, 0.3) is 0 Å². The van der Waals surface area contributed by atoms with E-state index in [1.54, 1.807) is 0 Å². The first-order chi connectivity index (χ1) is 7.27. The van der Waals surface area contributed by atoms with Crippen LogP contribution in [0.2, 0.25) is 0 Å². The Morgan fingerprint density at radius 1 is 1.67 bits per heavy atom. The molecule has 1 unspecified atom stereocenters. The highest BCUT2D eigenvalue weighted by Crippen LogP contribution is 2.36. The van der Waals surface area contributed by atoms with Gasteiger partial charge in [-0.2, -0.15) is 11.8 Å². The molecule has 2 N–H and O–H groups in total. The van der Waals surface area contributed by atoms with E-state index in [0.717, 1.165) is 24.0 Å². The summed E-state index contributed by atoms with van der Waals surface area (Å²) in [5.41, 5.74) is 7.08. The highest BCUT2D eigenvalue weighted by molar-refractivity contribution is 7.98. The van der Waals surface area contributed by atoms with E-state index in [1.165, 1.54) is 18.5 Å². The van der Waals surface area contributed by atoms with Crippen LogP contribution in [0.5, 0.6) is 0 Å². The summed E-state index contributed by atoms with van der Waals surface area (Å²) < 4.78 is 2.33. The predicted octanol–water partition coefficient (Wildman–Crippen LogP) is 2.19. The second-order valence-electron chi connectivity index (χ2n) is 4.34. The standard InChI is InChI=1S/C11H19N3S/c1-9(12)4-5-15-7-11-6-13-8-14(11)10-2-3-10/h6,8-10H,2-5,7,12H2,1H3. The van der Waals surface area contributed by atoms with Crippen LogP contribution in [0.1, 0.15) is 37.9 Å². The van der Waals surface area contributed by atoms with Crippen molar-refractivity contribution >= 4 is 11.8 Å². The first kappa shape index (κ1) is 11.0. The maximum absolute atomic E-state index is 5.71. The van der Waals surface area contributed by atoms with E-state index in [1.807, 2.05) is 24.3 Å². The first-order valence-electron chi connectivity index (χ1n) is 5.61. The quantitative estimate of drug-likeness (QED) is 0.755. The van der Waals surface area contributed by atoms with Crippen molar-refractivity contribution in [2.75, 3.05) is 5.75 Å². The van der Waals surface area contributed by atoms with Crippen molar-refractivity contribution in [1.82, 2.24) is 9.55 Å². The number of hydrogen-bond acceptors (Lipinski definition) is 3. The van der Waals surface area contributed by atoms with Crippen LogP contribution in [0.4, 0.5) is 0 Å². The SMILES string of the molecule is CC(N)CCSCc1cncn1C1CC1. The van der Waals surface area contributed by atoms with Crippen molar-refractivity contribution in [3.8, 4) is 0 Å². The van der Waals surface area contributed by atoms with Gasteiger partial charge < -0.3 is 10.3 Å². The van der Waals surface area contributed by atoms with E-state index in [0.29, 0.717) is 6.04 Å². The van der Waals surface area contributed by atoms with Crippen molar-refractivity contribution in [3.05, 3.63) is 18.2 Å². The fourth-order valence-electron chi connectivity index (χ4n) is 1.57. The minimum Gasteiger partial charge on any atom is -0.331 e. The summed E-state index contributed by atoms with van der Waals surface area (Å²) in [6, 6.07) is 1.07. The molecule has 1 heterocycles. The van der Waals surface area contributed by atoms with Crippen LogP contribution in [-0.4, -0.2) is 21.3 Å². The van der Waals surface area contributed by atoms with E-state index in [2.05, 4.69) is 16.5 Å². The van der Waals surface area contributed by atoms with Gasteiger partial charge in [-0.05, 0) is 31.9 Å². The summed E-state index contributed by atoms with van der Waals surface area (Å²) in [7, 11) is 0. The smallest absolute Gasteiger partial charge is 0.0951 e. The monoisotopic (exact) mass is 225 g/mol. The van der Waals surface area contributed by atoms with Gasteiger partial charge in [-0.25, -0.2) is 4.98 Å². The summed E-state index contributed by atoms with van der Waals surface area (Å²) in [5.74, 6) is 2.22. The summed E-state index contributed by atoms with van der Waals surface area (Å²) in [5, 5.41) is 0. The molecule has 0 saturated heterocycles. The largest absolute Gasteiger partial charge is 0.331 e. The van der Waals surface area contributed by atoms with Gasteiger partial charge in [-0.3, -0.25) is 0 Å². The molecule has 0 bridgehead atoms. The minimum atomic E-state index is 0.325. The van der Waals surface area contributed by atoms with E-state index >= 15 is 0 Å². The van der Waals surface area contributed by atoms with Crippen LogP contribution in [0.3, 0.4) is 0 Å². The average Bonchev–Trinajstić information content (AvgIpc) is 2.93. The van der Waals surface area contributed by atoms with Gasteiger partial charge in [0, 0.05) is 29.7 Å². The van der Waals surface area contributed by atoms with Gasteiger partial charge in [-0.1, -0.05) is 0 Å². The van der Waals surface area contributed by atoms with E-state index in [4.69, 9.17) is 5.73 Å². The molecule has 2 rings (SSSR count). The highest BCUT2D eigenvalue weighted by atomic mass is 32.2. The lowest BCUT2D eigenvalue weighted by atomic mass is 10.3. The Morgan fingerprint density at radius 3 is 3.13 bits per heavy atom. The Hall–Kier alpha value is -0.480. The molecule has 0 amide bonds. The third-order valence-corrected chi connectivity index (χ3v) is 3.68. The van der Waals surface area contributed by atoms with Crippen molar-refractivity contribution in [2.45, 2.75) is 44.0 Å². The Labute approximate surface area is 95.4 Å². The number of hydrogen-bond donors (Lipinski definition) is 1. The molecule has 1 atom stereocenters. The molecule has 4 heteroatoms. The summed E-state index contributed by atoms with van der Waals surface area (Å²) in [6.07, 6.45) is 7.72. The number of aromatic nitrogens is 2. The Morgan fingerprint density at radius 2 is 2.47 bits per heavy atom. The molecular formula is C11H19N3S. The summed E-state index contributed by atoms with van der Waals surface area (Å²) in [6.45, 7) is 2.06. The molecule has 84 valence electrons. The Kier molecular flexibility index (Phi) is 3.70. The van der Waals surface area contributed by atoms with Gasteiger partial charge >= 0.3 is 0 Å². The van der Waals surface area contributed by atoms with Crippen molar-refractivity contribution in [2.24, 2.45) is 5.73 Å². The van der Waals surface area contributed by atoms with Gasteiger partial charge in [0.1, 0.15) is 0 Å². The average molecular weight is 225 g/mol. The molecule has 1 saturated carbocycles. The van der Waals surface area contributed by atoms with Crippen LogP contribution < -0.4 is 5.73 Å². The third-order valence-electron chi connectivity index (χ3n) is 2.65. The normalized spacial score (nSPS) is 18.0. The molecule has 1 fully saturated rings. The fraction of sp³-hybridized carbons (Fsp3) is 0.727. The van der Waals surface area contributed by atoms with Crippen LogP contribution in [0.15, 0.2) is 12.5 Å². The first-order valence-corrected chi connectivity index (χ1v) is 6.77. The number of rotatable bonds is 6. The molecule has 15 heavy (non-hydrogen) atoms. The zero-order valence-corrected chi connectivity index (χ0v) is 10.0. The fourth-order valence-corrected chi connectivity index (χ4v) is 2.69. The molecular weight excluding hydrogens is 206 g/mol. The van der Waals surface area contributed by atoms with Gasteiger partial charge in [0.2, 0.25) is 0 Å². The lowest BCUT2D eigenvalue weighted by Crippen LogP contribution is -2.15. The minimum absolute atomic E-state index is 0.325. The number of nitrogens with zero attached hydrogens (tertiary/aromatic N) is 2. The second-order valence-corrected chi connectivity index (χ2v) is 5.45. The van der Waals surface area contributed by atoms with E-state index in [-0.39, 0.29) is 0 Å². The molecule has 0 radical (unpaired) electrons. The number of nitrogens with two attached hydrogens (primary N) is 1. The van der Waals surface area contributed by atoms with Crippen LogP contribution >= 0.6 is 11.8 Å². The maximum atomic E-state index is 5.71.